The van der Waals surface area contributed by atoms with Gasteiger partial charge in [-0.3, -0.25) is 15.0 Å². The van der Waals surface area contributed by atoms with Gasteiger partial charge in [0.25, 0.3) is 0 Å². The number of carbonyl (C=O) groups excluding carboxylic acids is 2. The van der Waals surface area contributed by atoms with Crippen molar-refractivity contribution in [2.75, 3.05) is 18.8 Å². The summed E-state index contributed by atoms with van der Waals surface area (Å²) in [5.74, 6) is 6.18. The Labute approximate surface area is 131 Å². The van der Waals surface area contributed by atoms with Gasteiger partial charge in [-0.2, -0.15) is 4.37 Å². The fourth-order valence-electron chi connectivity index (χ4n) is 2.16. The third-order valence-corrected chi connectivity index (χ3v) is 5.30. The average molecular weight is 329 g/mol. The maximum atomic E-state index is 12.1. The van der Waals surface area contributed by atoms with Crippen LogP contribution in [0.2, 0.25) is 0 Å². The Balaban J connectivity index is 1.76. The van der Waals surface area contributed by atoms with E-state index in [1.165, 1.54) is 23.3 Å². The molecule has 0 radical (unpaired) electrons. The van der Waals surface area contributed by atoms with Crippen LogP contribution >= 0.6 is 23.3 Å². The lowest BCUT2D eigenvalue weighted by Crippen LogP contribution is -2.45. The fourth-order valence-corrected chi connectivity index (χ4v) is 3.76. The Morgan fingerprint density at radius 2 is 2.19 bits per heavy atom. The minimum atomic E-state index is -0.141. The van der Waals surface area contributed by atoms with Crippen LogP contribution in [0.4, 0.5) is 0 Å². The lowest BCUT2D eigenvalue weighted by molar-refractivity contribution is -0.133. The molecule has 9 heteroatoms. The molecule has 2 rings (SSSR count). The zero-order valence-electron chi connectivity index (χ0n) is 11.9. The number of aromatic nitrogens is 2. The number of rotatable bonds is 5. The van der Waals surface area contributed by atoms with Gasteiger partial charge in [0, 0.05) is 25.4 Å². The van der Waals surface area contributed by atoms with Gasteiger partial charge in [-0.1, -0.05) is 18.7 Å². The molecular weight excluding hydrogens is 310 g/mol. The van der Waals surface area contributed by atoms with Crippen LogP contribution in [0.1, 0.15) is 25.6 Å². The highest BCUT2D eigenvalue weighted by Crippen LogP contribution is 2.22. The van der Waals surface area contributed by atoms with Gasteiger partial charge in [-0.05, 0) is 24.4 Å². The number of aryl methyl sites for hydroxylation is 1. The summed E-state index contributed by atoms with van der Waals surface area (Å²) in [4.78, 5) is 29.7. The zero-order valence-corrected chi connectivity index (χ0v) is 13.5. The van der Waals surface area contributed by atoms with E-state index in [-0.39, 0.29) is 17.7 Å². The first-order valence-corrected chi connectivity index (χ1v) is 8.63. The number of likely N-dealkylation sites (tertiary alicyclic amines) is 1. The number of hydrogen-bond acceptors (Lipinski definition) is 7. The van der Waals surface area contributed by atoms with E-state index < -0.39 is 0 Å². The van der Waals surface area contributed by atoms with Gasteiger partial charge in [0.1, 0.15) is 5.82 Å². The first kappa shape index (κ1) is 16.2. The zero-order chi connectivity index (χ0) is 15.2. The van der Waals surface area contributed by atoms with E-state index in [2.05, 4.69) is 14.8 Å². The molecule has 1 aromatic heterocycles. The Bertz CT molecular complexity index is 500. The molecule has 0 saturated carbocycles. The molecule has 0 aromatic carbocycles. The third kappa shape index (κ3) is 4.39. The van der Waals surface area contributed by atoms with Crippen molar-refractivity contribution >= 4 is 35.1 Å². The standard InChI is InChI=1S/C12H19N5O2S2/c1-2-9-14-12(21-16-9)20-7-10(18)17-5-3-8(4-6-17)11(19)15-13/h8H,2-7,13H2,1H3,(H,15,19). The predicted octanol–water partition coefficient (Wildman–Crippen LogP) is 0.421. The van der Waals surface area contributed by atoms with E-state index in [4.69, 9.17) is 5.84 Å². The molecule has 1 aliphatic rings. The summed E-state index contributed by atoms with van der Waals surface area (Å²) in [7, 11) is 0. The number of nitrogens with one attached hydrogen (secondary N) is 1. The number of carbonyl (C=O) groups is 2. The summed E-state index contributed by atoms with van der Waals surface area (Å²) in [5.41, 5.74) is 2.17. The first-order valence-electron chi connectivity index (χ1n) is 6.87. The molecule has 7 nitrogen and oxygen atoms in total. The van der Waals surface area contributed by atoms with Gasteiger partial charge in [0.2, 0.25) is 11.8 Å². The molecule has 0 bridgehead atoms. The minimum Gasteiger partial charge on any atom is -0.342 e. The van der Waals surface area contributed by atoms with Gasteiger partial charge in [-0.25, -0.2) is 10.8 Å². The van der Waals surface area contributed by atoms with Crippen molar-refractivity contribution in [2.24, 2.45) is 11.8 Å². The van der Waals surface area contributed by atoms with Crippen LogP contribution in [0.15, 0.2) is 4.34 Å². The molecule has 0 unspecified atom stereocenters. The van der Waals surface area contributed by atoms with E-state index in [0.717, 1.165) is 16.6 Å². The first-order chi connectivity index (χ1) is 10.1. The van der Waals surface area contributed by atoms with Gasteiger partial charge in [-0.15, -0.1) is 0 Å². The van der Waals surface area contributed by atoms with Crippen molar-refractivity contribution in [3.8, 4) is 0 Å². The van der Waals surface area contributed by atoms with Crippen molar-refractivity contribution in [1.29, 1.82) is 0 Å². The molecule has 1 saturated heterocycles. The summed E-state index contributed by atoms with van der Waals surface area (Å²) < 4.78 is 5.02. The molecule has 0 spiro atoms. The maximum absolute atomic E-state index is 12.1. The summed E-state index contributed by atoms with van der Waals surface area (Å²) in [6.45, 7) is 3.21. The average Bonchev–Trinajstić information content (AvgIpc) is 3.00. The lowest BCUT2D eigenvalue weighted by atomic mass is 9.96. The summed E-state index contributed by atoms with van der Waals surface area (Å²) in [5, 5.41) is 0. The number of piperidine rings is 1. The Morgan fingerprint density at radius 1 is 1.48 bits per heavy atom. The monoisotopic (exact) mass is 329 g/mol. The smallest absolute Gasteiger partial charge is 0.237 e. The van der Waals surface area contributed by atoms with Crippen LogP contribution in [0.5, 0.6) is 0 Å². The second-order valence-electron chi connectivity index (χ2n) is 4.78. The lowest BCUT2D eigenvalue weighted by Gasteiger charge is -2.30. The van der Waals surface area contributed by atoms with Crippen LogP contribution < -0.4 is 11.3 Å². The molecule has 116 valence electrons. The quantitative estimate of drug-likeness (QED) is 0.351. The van der Waals surface area contributed by atoms with E-state index in [9.17, 15) is 9.59 Å². The van der Waals surface area contributed by atoms with Gasteiger partial charge < -0.3 is 4.90 Å². The highest BCUT2D eigenvalue weighted by molar-refractivity contribution is 8.01. The van der Waals surface area contributed by atoms with Crippen LogP contribution in [0, 0.1) is 5.92 Å². The highest BCUT2D eigenvalue weighted by Gasteiger charge is 2.26. The topological polar surface area (TPSA) is 101 Å². The van der Waals surface area contributed by atoms with Crippen LogP contribution in [0.25, 0.3) is 0 Å². The van der Waals surface area contributed by atoms with E-state index >= 15 is 0 Å². The van der Waals surface area contributed by atoms with E-state index in [1.807, 2.05) is 6.92 Å². The Kier molecular flexibility index (Phi) is 5.95. The van der Waals surface area contributed by atoms with Crippen molar-refractivity contribution in [2.45, 2.75) is 30.5 Å². The van der Waals surface area contributed by atoms with E-state index in [1.54, 1.807) is 4.90 Å². The number of amides is 2. The number of nitrogens with two attached hydrogens (primary N) is 1. The highest BCUT2D eigenvalue weighted by atomic mass is 32.2. The van der Waals surface area contributed by atoms with Crippen LogP contribution in [-0.4, -0.2) is 44.9 Å². The minimum absolute atomic E-state index is 0.0815. The van der Waals surface area contributed by atoms with Gasteiger partial charge in [0.05, 0.1) is 5.75 Å². The van der Waals surface area contributed by atoms with Crippen molar-refractivity contribution in [1.82, 2.24) is 19.7 Å². The molecule has 0 atom stereocenters. The Morgan fingerprint density at radius 3 is 2.76 bits per heavy atom. The molecular formula is C12H19N5O2S2. The molecule has 21 heavy (non-hydrogen) atoms. The summed E-state index contributed by atoms with van der Waals surface area (Å²) >= 11 is 2.76. The van der Waals surface area contributed by atoms with Crippen molar-refractivity contribution in [3.63, 3.8) is 0 Å². The van der Waals surface area contributed by atoms with E-state index in [0.29, 0.717) is 31.7 Å². The van der Waals surface area contributed by atoms with Crippen molar-refractivity contribution in [3.05, 3.63) is 5.82 Å². The Hall–Kier alpha value is -1.19. The molecule has 0 aliphatic carbocycles. The SMILES string of the molecule is CCc1nsc(SCC(=O)N2CCC(C(=O)NN)CC2)n1. The van der Waals surface area contributed by atoms with Crippen molar-refractivity contribution < 1.29 is 9.59 Å². The molecule has 1 aromatic rings. The molecule has 3 N–H and O–H groups in total. The maximum Gasteiger partial charge on any atom is 0.237 e. The predicted molar refractivity (Wildman–Crippen MR) is 81.6 cm³/mol. The van der Waals surface area contributed by atoms with Crippen LogP contribution in [0.3, 0.4) is 0 Å². The van der Waals surface area contributed by atoms with Gasteiger partial charge >= 0.3 is 0 Å². The molecule has 1 fully saturated rings. The second kappa shape index (κ2) is 7.71. The number of nitrogens with zero attached hydrogens (tertiary/aromatic N) is 3. The molecule has 2 heterocycles. The van der Waals surface area contributed by atoms with Crippen LogP contribution in [-0.2, 0) is 16.0 Å². The van der Waals surface area contributed by atoms with Gasteiger partial charge in [0.15, 0.2) is 4.34 Å². The largest absolute Gasteiger partial charge is 0.342 e. The second-order valence-corrected chi connectivity index (χ2v) is 6.76. The third-order valence-electron chi connectivity index (χ3n) is 3.45. The molecule has 2 amide bonds. The number of thioether (sulfide) groups is 1. The normalized spacial score (nSPS) is 16.0. The molecule has 1 aliphatic heterocycles. The number of hydrogen-bond donors (Lipinski definition) is 2. The summed E-state index contributed by atoms with van der Waals surface area (Å²) in [6.07, 6.45) is 2.14. The summed E-state index contributed by atoms with van der Waals surface area (Å²) in [6, 6.07) is 0. The number of hydrazine groups is 1. The fraction of sp³-hybridized carbons (Fsp3) is 0.667.